The van der Waals surface area contributed by atoms with Crippen LogP contribution in [0.3, 0.4) is 0 Å². The fraction of sp³-hybridized carbons (Fsp3) is 0.261. The summed E-state index contributed by atoms with van der Waals surface area (Å²) in [5.74, 6) is 0.803. The summed E-state index contributed by atoms with van der Waals surface area (Å²) in [6.45, 7) is 4.72. The predicted octanol–water partition coefficient (Wildman–Crippen LogP) is 4.04. The van der Waals surface area contributed by atoms with Crippen LogP contribution in [0.5, 0.6) is 5.75 Å². The highest BCUT2D eigenvalue weighted by atomic mass is 16.5. The van der Waals surface area contributed by atoms with Gasteiger partial charge >= 0.3 is 5.97 Å². The molecule has 0 aliphatic carbocycles. The highest BCUT2D eigenvalue weighted by molar-refractivity contribution is 6.08. The molecule has 154 valence electrons. The third kappa shape index (κ3) is 3.66. The lowest BCUT2D eigenvalue weighted by Gasteiger charge is -2.09. The Hall–Kier alpha value is -3.61. The molecule has 0 fully saturated rings. The summed E-state index contributed by atoms with van der Waals surface area (Å²) < 4.78 is 12.5. The maximum atomic E-state index is 12.9. The van der Waals surface area contributed by atoms with Crippen LogP contribution in [0, 0.1) is 5.92 Å². The molecule has 7 heteroatoms. The second-order valence-corrected chi connectivity index (χ2v) is 7.57. The molecule has 2 N–H and O–H groups in total. The molecule has 0 aliphatic rings. The van der Waals surface area contributed by atoms with Crippen molar-refractivity contribution >= 4 is 34.0 Å². The van der Waals surface area contributed by atoms with Crippen LogP contribution in [0.25, 0.3) is 22.2 Å². The Morgan fingerprint density at radius 1 is 1.07 bits per heavy atom. The van der Waals surface area contributed by atoms with Crippen molar-refractivity contribution in [2.75, 3.05) is 19.5 Å². The second kappa shape index (κ2) is 8.02. The molecule has 2 heterocycles. The number of fused-ring (bicyclic) bond motifs is 2. The summed E-state index contributed by atoms with van der Waals surface area (Å²) in [6, 6.07) is 15.2. The van der Waals surface area contributed by atoms with Gasteiger partial charge in [0.1, 0.15) is 22.6 Å². The van der Waals surface area contributed by atoms with Gasteiger partial charge in [-0.05, 0) is 35.7 Å². The van der Waals surface area contributed by atoms with E-state index in [-0.39, 0.29) is 11.5 Å². The number of carbonyl (C=O) groups excluding carboxylic acids is 1. The first kappa shape index (κ1) is 19.7. The van der Waals surface area contributed by atoms with Crippen molar-refractivity contribution in [2.24, 2.45) is 5.92 Å². The molecule has 0 spiro atoms. The molecule has 0 atom stereocenters. The van der Waals surface area contributed by atoms with Gasteiger partial charge in [-0.2, -0.15) is 0 Å². The molecule has 4 rings (SSSR count). The van der Waals surface area contributed by atoms with Gasteiger partial charge in [0.2, 0.25) is 0 Å². The van der Waals surface area contributed by atoms with Crippen LogP contribution in [-0.2, 0) is 11.3 Å². The molecule has 0 aliphatic heterocycles. The molecule has 0 bridgehead atoms. The summed E-state index contributed by atoms with van der Waals surface area (Å²) in [5.41, 5.74) is 10.1. The van der Waals surface area contributed by atoms with Gasteiger partial charge in [0, 0.05) is 0 Å². The Labute approximate surface area is 174 Å². The minimum Gasteiger partial charge on any atom is -0.497 e. The normalized spacial score (nSPS) is 11.3. The highest BCUT2D eigenvalue weighted by Gasteiger charge is 2.25. The molecule has 0 unspecified atom stereocenters. The van der Waals surface area contributed by atoms with E-state index in [1.807, 2.05) is 66.9 Å². The zero-order valence-corrected chi connectivity index (χ0v) is 17.3. The number of nitrogens with two attached hydrogens (primary N) is 1. The molecule has 0 radical (unpaired) electrons. The number of anilines is 1. The lowest BCUT2D eigenvalue weighted by molar-refractivity contribution is 0.0462. The zero-order valence-electron chi connectivity index (χ0n) is 17.3. The van der Waals surface area contributed by atoms with Crippen molar-refractivity contribution in [3.63, 3.8) is 0 Å². The van der Waals surface area contributed by atoms with E-state index >= 15 is 0 Å². The lowest BCUT2D eigenvalue weighted by Crippen LogP contribution is -2.13. The number of esters is 1. The van der Waals surface area contributed by atoms with Gasteiger partial charge in [0.05, 0.1) is 31.3 Å². The smallest absolute Gasteiger partial charge is 0.344 e. The summed E-state index contributed by atoms with van der Waals surface area (Å²) in [6.07, 6.45) is 0. The highest BCUT2D eigenvalue weighted by Crippen LogP contribution is 2.29. The molecule has 4 aromatic rings. The number of para-hydroxylation sites is 2. The number of hydrogen-bond acceptors (Lipinski definition) is 6. The van der Waals surface area contributed by atoms with Gasteiger partial charge in [-0.3, -0.25) is 0 Å². The summed E-state index contributed by atoms with van der Waals surface area (Å²) in [5, 5.41) is 0. The lowest BCUT2D eigenvalue weighted by atomic mass is 10.2. The van der Waals surface area contributed by atoms with Gasteiger partial charge in [0.15, 0.2) is 5.65 Å². The average Bonchev–Trinajstić information content (AvgIpc) is 3.01. The van der Waals surface area contributed by atoms with Gasteiger partial charge in [-0.1, -0.05) is 38.1 Å². The van der Waals surface area contributed by atoms with Crippen LogP contribution >= 0.6 is 0 Å². The summed E-state index contributed by atoms with van der Waals surface area (Å²) in [4.78, 5) is 22.3. The van der Waals surface area contributed by atoms with Crippen LogP contribution in [-0.4, -0.2) is 34.2 Å². The second-order valence-electron chi connectivity index (χ2n) is 7.57. The van der Waals surface area contributed by atoms with Crippen molar-refractivity contribution in [1.29, 1.82) is 0 Å². The van der Waals surface area contributed by atoms with E-state index in [1.54, 1.807) is 7.11 Å². The molecule has 2 aromatic carbocycles. The Balaban J connectivity index is 1.86. The Kier molecular flexibility index (Phi) is 5.27. The molecule has 30 heavy (non-hydrogen) atoms. The van der Waals surface area contributed by atoms with Crippen LogP contribution in [0.15, 0.2) is 48.5 Å². The first-order valence-corrected chi connectivity index (χ1v) is 9.82. The quantitative estimate of drug-likeness (QED) is 0.488. The maximum Gasteiger partial charge on any atom is 0.344 e. The molecule has 0 amide bonds. The Morgan fingerprint density at radius 2 is 1.73 bits per heavy atom. The molecular weight excluding hydrogens is 380 g/mol. The van der Waals surface area contributed by atoms with Gasteiger partial charge in [-0.15, -0.1) is 0 Å². The number of benzene rings is 2. The first-order valence-electron chi connectivity index (χ1n) is 9.82. The Morgan fingerprint density at radius 3 is 2.37 bits per heavy atom. The van der Waals surface area contributed by atoms with E-state index in [1.165, 1.54) is 0 Å². The first-order chi connectivity index (χ1) is 14.5. The third-order valence-electron chi connectivity index (χ3n) is 4.84. The fourth-order valence-corrected chi connectivity index (χ4v) is 3.31. The van der Waals surface area contributed by atoms with E-state index in [0.717, 1.165) is 16.8 Å². The molecule has 0 saturated carbocycles. The Bertz CT molecular complexity index is 1210. The monoisotopic (exact) mass is 404 g/mol. The number of methoxy groups -OCH3 is 1. The van der Waals surface area contributed by atoms with Crippen LogP contribution in [0.4, 0.5) is 5.82 Å². The minimum absolute atomic E-state index is 0.217. The minimum atomic E-state index is -0.482. The van der Waals surface area contributed by atoms with Gasteiger partial charge in [0.25, 0.3) is 0 Å². The number of carbonyl (C=O) groups is 1. The van der Waals surface area contributed by atoms with Crippen molar-refractivity contribution in [1.82, 2.24) is 14.5 Å². The van der Waals surface area contributed by atoms with Crippen molar-refractivity contribution < 1.29 is 14.3 Å². The molecule has 7 nitrogen and oxygen atoms in total. The number of nitrogens with zero attached hydrogens (tertiary/aromatic N) is 3. The number of aromatic nitrogens is 3. The zero-order chi connectivity index (χ0) is 21.3. The van der Waals surface area contributed by atoms with Crippen molar-refractivity contribution in [2.45, 2.75) is 20.4 Å². The van der Waals surface area contributed by atoms with E-state index in [9.17, 15) is 4.79 Å². The third-order valence-corrected chi connectivity index (χ3v) is 4.84. The van der Waals surface area contributed by atoms with Crippen LogP contribution in [0.2, 0.25) is 0 Å². The average molecular weight is 404 g/mol. The van der Waals surface area contributed by atoms with E-state index in [2.05, 4.69) is 0 Å². The van der Waals surface area contributed by atoms with E-state index < -0.39 is 5.97 Å². The van der Waals surface area contributed by atoms with Gasteiger partial charge in [-0.25, -0.2) is 14.8 Å². The predicted molar refractivity (Wildman–Crippen MR) is 117 cm³/mol. The summed E-state index contributed by atoms with van der Waals surface area (Å²) in [7, 11) is 1.63. The van der Waals surface area contributed by atoms with E-state index in [0.29, 0.717) is 35.7 Å². The largest absolute Gasteiger partial charge is 0.497 e. The van der Waals surface area contributed by atoms with Crippen molar-refractivity contribution in [3.05, 3.63) is 59.7 Å². The topological polar surface area (TPSA) is 92.3 Å². The number of nitrogen functional groups attached to an aromatic ring is 1. The number of hydrogen-bond donors (Lipinski definition) is 1. The fourth-order valence-electron chi connectivity index (χ4n) is 3.31. The number of rotatable bonds is 6. The standard InChI is InChI=1S/C23H24N4O3/c1-14(2)13-30-23(28)19-20-22(26-18-7-5-4-6-17(18)25-20)27(21(19)24)12-15-8-10-16(29-3)11-9-15/h4-11,14H,12-13,24H2,1-3H3. The van der Waals surface area contributed by atoms with Crippen LogP contribution in [0.1, 0.15) is 29.8 Å². The summed E-state index contributed by atoms with van der Waals surface area (Å²) >= 11 is 0. The molecule has 0 saturated heterocycles. The molecule has 2 aromatic heterocycles. The van der Waals surface area contributed by atoms with Gasteiger partial charge < -0.3 is 19.8 Å². The molecular formula is C23H24N4O3. The van der Waals surface area contributed by atoms with Crippen LogP contribution < -0.4 is 10.5 Å². The number of ether oxygens (including phenoxy) is 2. The maximum absolute atomic E-state index is 12.9. The van der Waals surface area contributed by atoms with Crippen molar-refractivity contribution in [3.8, 4) is 5.75 Å². The van der Waals surface area contributed by atoms with E-state index in [4.69, 9.17) is 25.2 Å². The SMILES string of the molecule is COc1ccc(Cn2c(N)c(C(=O)OCC(C)C)c3nc4ccccc4nc32)cc1.